The molecule has 4 heteroatoms. The van der Waals surface area contributed by atoms with Gasteiger partial charge in [0.25, 0.3) is 0 Å². The van der Waals surface area contributed by atoms with Crippen molar-refractivity contribution >= 4 is 0 Å². The Kier molecular flexibility index (Phi) is 9.09. The maximum absolute atomic E-state index is 2.40. The minimum absolute atomic E-state index is 0. The monoisotopic (exact) mass is 300 g/mol. The average molecular weight is 301 g/mol. The van der Waals surface area contributed by atoms with E-state index in [1.54, 1.807) is 0 Å². The van der Waals surface area contributed by atoms with Crippen LogP contribution in [0.4, 0.5) is 0 Å². The maximum Gasteiger partial charge on any atom is -1.00 e. The van der Waals surface area contributed by atoms with E-state index in [4.69, 9.17) is 0 Å². The fourth-order valence-electron chi connectivity index (χ4n) is 2.65. The van der Waals surface area contributed by atoms with Gasteiger partial charge in [0.1, 0.15) is 0 Å². The smallest absolute Gasteiger partial charge is 1.00 e. The van der Waals surface area contributed by atoms with Gasteiger partial charge in [0, 0.05) is 0 Å². The molecular weight excluding hydrogens is 286 g/mol. The van der Waals surface area contributed by atoms with Gasteiger partial charge in [-0.05, 0) is 0 Å². The van der Waals surface area contributed by atoms with Gasteiger partial charge in [0.05, 0.1) is 0 Å². The van der Waals surface area contributed by atoms with E-state index >= 15 is 0 Å². The van der Waals surface area contributed by atoms with Gasteiger partial charge in [-0.25, -0.2) is 0 Å². The molecule has 2 aliphatic rings. The van der Waals surface area contributed by atoms with E-state index in [0.29, 0.717) is 0 Å². The van der Waals surface area contributed by atoms with Gasteiger partial charge in [0.2, 0.25) is 0 Å². The number of fused-ring (bicyclic) bond motifs is 1. The largest absolute Gasteiger partial charge is 1.00 e. The molecule has 0 aromatic rings. The average Bonchev–Trinajstić information content (AvgIpc) is 2.33. The normalized spacial score (nSPS) is 40.9. The van der Waals surface area contributed by atoms with Crippen LogP contribution in [0.15, 0.2) is 24.3 Å². The molecule has 0 saturated heterocycles. The van der Waals surface area contributed by atoms with E-state index in [0.717, 1.165) is 27.9 Å². The SMILES string of the molecule is CC1[CH]([Ti+3])C(C)C2C=CC=CC12.[Cl-].[Cl-].[Cl-]. The molecule has 2 rings (SSSR count). The van der Waals surface area contributed by atoms with Crippen molar-refractivity contribution in [3.63, 3.8) is 0 Å². The minimum Gasteiger partial charge on any atom is -1.00 e. The van der Waals surface area contributed by atoms with Gasteiger partial charge >= 0.3 is 86.5 Å². The molecule has 4 unspecified atom stereocenters. The third kappa shape index (κ3) is 3.26. The third-order valence-electron chi connectivity index (χ3n) is 3.57. The zero-order valence-corrected chi connectivity index (χ0v) is 12.7. The molecule has 0 aromatic carbocycles. The third-order valence-corrected chi connectivity index (χ3v) is 5.21. The van der Waals surface area contributed by atoms with Crippen LogP contribution in [0.25, 0.3) is 0 Å². The summed E-state index contributed by atoms with van der Waals surface area (Å²) in [6, 6.07) is 0. The van der Waals surface area contributed by atoms with Gasteiger partial charge < -0.3 is 37.2 Å². The standard InChI is InChI=1S/C11H15.3ClH.Ti/c1-8-7-9(2)11-6-4-3-5-10(8)11;;;;/h3-11H,1-2H3;3*1H;/q;;;;+3/p-3. The van der Waals surface area contributed by atoms with Gasteiger partial charge in [-0.2, -0.15) is 0 Å². The van der Waals surface area contributed by atoms with Crippen molar-refractivity contribution in [1.82, 2.24) is 0 Å². The predicted molar refractivity (Wildman–Crippen MR) is 47.3 cm³/mol. The zero-order valence-electron chi connectivity index (χ0n) is 8.83. The second kappa shape index (κ2) is 7.40. The molecule has 15 heavy (non-hydrogen) atoms. The molecule has 2 aliphatic carbocycles. The molecular formula is C11H15Cl3Ti. The molecule has 0 aliphatic heterocycles. The van der Waals surface area contributed by atoms with E-state index in [1.165, 1.54) is 0 Å². The van der Waals surface area contributed by atoms with E-state index < -0.39 is 0 Å². The van der Waals surface area contributed by atoms with Crippen LogP contribution in [0.5, 0.6) is 0 Å². The summed E-state index contributed by atoms with van der Waals surface area (Å²) in [5, 5.41) is 0. The van der Waals surface area contributed by atoms with Crippen LogP contribution in [0.2, 0.25) is 4.22 Å². The Bertz CT molecular complexity index is 216. The molecule has 0 amide bonds. The minimum atomic E-state index is 0. The van der Waals surface area contributed by atoms with Crippen molar-refractivity contribution < 1.29 is 57.7 Å². The fraction of sp³-hybridized carbons (Fsp3) is 0.636. The first-order chi connectivity index (χ1) is 5.72. The van der Waals surface area contributed by atoms with Crippen LogP contribution in [0.1, 0.15) is 13.8 Å². The molecule has 0 spiro atoms. The molecule has 0 nitrogen and oxygen atoms in total. The molecule has 0 N–H and O–H groups in total. The molecule has 0 heterocycles. The first-order valence-corrected chi connectivity index (χ1v) is 5.68. The number of hydrogen-bond donors (Lipinski definition) is 0. The van der Waals surface area contributed by atoms with E-state index in [2.05, 4.69) is 58.6 Å². The summed E-state index contributed by atoms with van der Waals surface area (Å²) in [5.41, 5.74) is 0. The van der Waals surface area contributed by atoms with Gasteiger partial charge in [-0.3, -0.25) is 0 Å². The molecule has 1 fully saturated rings. The molecule has 0 radical (unpaired) electrons. The number of allylic oxidation sites excluding steroid dienone is 4. The Hall–Kier alpha value is 1.06. The second-order valence-electron chi connectivity index (χ2n) is 4.17. The van der Waals surface area contributed by atoms with E-state index in [9.17, 15) is 0 Å². The number of rotatable bonds is 0. The molecule has 0 bridgehead atoms. The van der Waals surface area contributed by atoms with Crippen molar-refractivity contribution in [1.29, 1.82) is 0 Å². The van der Waals surface area contributed by atoms with Crippen molar-refractivity contribution in [2.45, 2.75) is 18.1 Å². The number of hydrogen-bond acceptors (Lipinski definition) is 0. The van der Waals surface area contributed by atoms with Crippen LogP contribution < -0.4 is 37.2 Å². The summed E-state index contributed by atoms with van der Waals surface area (Å²) in [7, 11) is 0. The van der Waals surface area contributed by atoms with Crippen LogP contribution >= 0.6 is 0 Å². The van der Waals surface area contributed by atoms with E-state index in [-0.39, 0.29) is 37.2 Å². The van der Waals surface area contributed by atoms with Crippen molar-refractivity contribution in [3.8, 4) is 0 Å². The summed E-state index contributed by atoms with van der Waals surface area (Å²) >= 11 is 2.40. The Balaban J connectivity index is 0. The van der Waals surface area contributed by atoms with E-state index in [1.807, 2.05) is 0 Å². The van der Waals surface area contributed by atoms with Crippen LogP contribution in [0.3, 0.4) is 0 Å². The quantitative estimate of drug-likeness (QED) is 0.391. The summed E-state index contributed by atoms with van der Waals surface area (Å²) < 4.78 is 0.882. The summed E-state index contributed by atoms with van der Waals surface area (Å²) in [6.07, 6.45) is 9.22. The first kappa shape index (κ1) is 18.4. The van der Waals surface area contributed by atoms with Crippen LogP contribution in [-0.2, 0) is 20.4 Å². The Morgan fingerprint density at radius 3 is 1.47 bits per heavy atom. The molecule has 4 atom stereocenters. The summed E-state index contributed by atoms with van der Waals surface area (Å²) in [5.74, 6) is 3.37. The first-order valence-electron chi connectivity index (χ1n) is 4.78. The topological polar surface area (TPSA) is 0 Å². The second-order valence-corrected chi connectivity index (χ2v) is 5.21. The van der Waals surface area contributed by atoms with Crippen LogP contribution in [-0.4, -0.2) is 0 Å². The molecule has 0 aromatic heterocycles. The Labute approximate surface area is 123 Å². The maximum atomic E-state index is 2.40. The zero-order chi connectivity index (χ0) is 8.72. The molecule has 84 valence electrons. The van der Waals surface area contributed by atoms with Crippen molar-refractivity contribution in [2.75, 3.05) is 0 Å². The Morgan fingerprint density at radius 1 is 0.800 bits per heavy atom. The Morgan fingerprint density at radius 2 is 1.13 bits per heavy atom. The van der Waals surface area contributed by atoms with Crippen LogP contribution in [0, 0.1) is 23.7 Å². The van der Waals surface area contributed by atoms with Crippen molar-refractivity contribution in [3.05, 3.63) is 24.3 Å². The molecule has 1 saturated carbocycles. The fourth-order valence-corrected chi connectivity index (χ4v) is 3.34. The number of halogens is 3. The van der Waals surface area contributed by atoms with Gasteiger partial charge in [0.15, 0.2) is 0 Å². The van der Waals surface area contributed by atoms with Gasteiger partial charge in [-0.1, -0.05) is 0 Å². The van der Waals surface area contributed by atoms with Gasteiger partial charge in [-0.15, -0.1) is 0 Å². The van der Waals surface area contributed by atoms with Crippen molar-refractivity contribution in [2.24, 2.45) is 23.7 Å². The predicted octanol–water partition coefficient (Wildman–Crippen LogP) is -6.02. The summed E-state index contributed by atoms with van der Waals surface area (Å²) in [6.45, 7) is 4.80. The summed E-state index contributed by atoms with van der Waals surface area (Å²) in [4.78, 5) is 0.